The minimum absolute atomic E-state index is 0.0780. The first-order valence-electron chi connectivity index (χ1n) is 12.9. The Morgan fingerprint density at radius 1 is 1.26 bits per heavy atom. The van der Waals surface area contributed by atoms with Gasteiger partial charge < -0.3 is 26.6 Å². The Bertz CT molecular complexity index is 1180. The lowest BCUT2D eigenvalue weighted by Gasteiger charge is -2.40. The van der Waals surface area contributed by atoms with Gasteiger partial charge in [-0.2, -0.15) is 0 Å². The molecule has 0 spiro atoms. The summed E-state index contributed by atoms with van der Waals surface area (Å²) in [5.74, 6) is -2.40. The molecule has 0 radical (unpaired) electrons. The second kappa shape index (κ2) is 11.4. The van der Waals surface area contributed by atoms with Gasteiger partial charge in [0.05, 0.1) is 29.3 Å². The molecule has 2 aromatic carbocycles. The lowest BCUT2D eigenvalue weighted by atomic mass is 9.67. The number of aliphatic hydroxyl groups is 2. The van der Waals surface area contributed by atoms with E-state index in [0.717, 1.165) is 12.8 Å². The Labute approximate surface area is 231 Å². The molecule has 2 aromatic rings. The zero-order valence-corrected chi connectivity index (χ0v) is 23.0. The first kappa shape index (κ1) is 29.2. The van der Waals surface area contributed by atoms with Crippen LogP contribution in [-0.2, 0) is 10.3 Å². The SMILES string of the molecule is CC(C)(C[C@@H]1N[C@@H](C(=O)NCC[C@H](O)CO)[C@H](c2cccc(Cl)c2F)[C@@]1(N)c1ccc(Cl)cc1F)C1CC1. The summed E-state index contributed by atoms with van der Waals surface area (Å²) < 4.78 is 31.2. The van der Waals surface area contributed by atoms with E-state index in [1.807, 2.05) is 0 Å². The summed E-state index contributed by atoms with van der Waals surface area (Å²) in [7, 11) is 0. The van der Waals surface area contributed by atoms with Crippen LogP contribution in [0, 0.1) is 23.0 Å². The zero-order chi connectivity index (χ0) is 27.8. The van der Waals surface area contributed by atoms with E-state index in [0.29, 0.717) is 12.3 Å². The third-order valence-corrected chi connectivity index (χ3v) is 8.73. The molecule has 6 N–H and O–H groups in total. The van der Waals surface area contributed by atoms with Crippen molar-refractivity contribution >= 4 is 29.1 Å². The number of amides is 1. The molecule has 1 saturated carbocycles. The molecule has 1 aliphatic carbocycles. The highest BCUT2D eigenvalue weighted by atomic mass is 35.5. The predicted molar refractivity (Wildman–Crippen MR) is 144 cm³/mol. The molecule has 1 aliphatic heterocycles. The van der Waals surface area contributed by atoms with E-state index in [2.05, 4.69) is 24.5 Å². The molecule has 2 aliphatic rings. The fourth-order valence-electron chi connectivity index (χ4n) is 5.91. The van der Waals surface area contributed by atoms with Crippen LogP contribution in [0.15, 0.2) is 36.4 Å². The molecule has 208 valence electrons. The number of hydrogen-bond acceptors (Lipinski definition) is 5. The van der Waals surface area contributed by atoms with Crippen molar-refractivity contribution in [3.63, 3.8) is 0 Å². The lowest BCUT2D eigenvalue weighted by molar-refractivity contribution is -0.123. The Balaban J connectivity index is 1.83. The molecule has 38 heavy (non-hydrogen) atoms. The van der Waals surface area contributed by atoms with Gasteiger partial charge >= 0.3 is 0 Å². The van der Waals surface area contributed by atoms with Crippen LogP contribution < -0.4 is 16.4 Å². The molecule has 1 heterocycles. The van der Waals surface area contributed by atoms with Crippen LogP contribution in [0.4, 0.5) is 8.78 Å². The molecule has 1 saturated heterocycles. The molecule has 0 aromatic heterocycles. The third-order valence-electron chi connectivity index (χ3n) is 8.20. The normalized spacial score (nSPS) is 26.4. The van der Waals surface area contributed by atoms with Crippen molar-refractivity contribution in [1.82, 2.24) is 10.6 Å². The third kappa shape index (κ3) is 5.71. The first-order valence-corrected chi connectivity index (χ1v) is 13.7. The van der Waals surface area contributed by atoms with Gasteiger partial charge in [-0.1, -0.05) is 55.2 Å². The van der Waals surface area contributed by atoms with Gasteiger partial charge in [-0.25, -0.2) is 8.78 Å². The van der Waals surface area contributed by atoms with Gasteiger partial charge in [0, 0.05) is 29.1 Å². The van der Waals surface area contributed by atoms with Gasteiger partial charge in [-0.05, 0) is 60.8 Å². The smallest absolute Gasteiger partial charge is 0.237 e. The van der Waals surface area contributed by atoms with Gasteiger partial charge in [-0.15, -0.1) is 0 Å². The van der Waals surface area contributed by atoms with Crippen LogP contribution in [0.25, 0.3) is 0 Å². The Hall–Kier alpha value is -1.81. The summed E-state index contributed by atoms with van der Waals surface area (Å²) in [6.45, 7) is 3.90. The van der Waals surface area contributed by atoms with Crippen LogP contribution in [-0.4, -0.2) is 47.5 Å². The Morgan fingerprint density at radius 3 is 2.61 bits per heavy atom. The highest BCUT2D eigenvalue weighted by Crippen LogP contribution is 2.54. The molecule has 2 fully saturated rings. The molecule has 6 nitrogen and oxygen atoms in total. The summed E-state index contributed by atoms with van der Waals surface area (Å²) in [4.78, 5) is 13.6. The highest BCUT2D eigenvalue weighted by Gasteiger charge is 2.59. The van der Waals surface area contributed by atoms with E-state index in [-0.39, 0.29) is 39.6 Å². The largest absolute Gasteiger partial charge is 0.394 e. The number of aliphatic hydroxyl groups excluding tert-OH is 2. The van der Waals surface area contributed by atoms with Crippen molar-refractivity contribution in [2.75, 3.05) is 13.2 Å². The molecule has 4 rings (SSSR count). The van der Waals surface area contributed by atoms with E-state index in [1.54, 1.807) is 6.07 Å². The molecule has 1 amide bonds. The molecule has 5 atom stereocenters. The van der Waals surface area contributed by atoms with E-state index in [4.69, 9.17) is 34.0 Å². The second-order valence-corrected chi connectivity index (χ2v) is 12.1. The standard InChI is InChI=1S/C28H35Cl2F2N3O3/c1-27(2,15-6-7-15)13-22-28(33,19-9-8-16(29)12-21(19)31)23(18-4-3-5-20(30)24(18)32)25(35-22)26(38)34-11-10-17(37)14-36/h3-5,8-9,12,15,17,22-23,25,35-37H,6-7,10-11,13-14,33H2,1-2H3,(H,34,38)/t17-,22-,23-,25+,28+/m0/s1. The maximum absolute atomic E-state index is 15.6. The summed E-state index contributed by atoms with van der Waals surface area (Å²) in [6, 6.07) is 7.08. The van der Waals surface area contributed by atoms with Gasteiger partial charge in [0.15, 0.2) is 0 Å². The van der Waals surface area contributed by atoms with Crippen LogP contribution in [0.5, 0.6) is 0 Å². The van der Waals surface area contributed by atoms with Gasteiger partial charge in [0.1, 0.15) is 11.6 Å². The highest BCUT2D eigenvalue weighted by molar-refractivity contribution is 6.31. The molecular weight excluding hydrogens is 535 g/mol. The molecular formula is C28H35Cl2F2N3O3. The van der Waals surface area contributed by atoms with Crippen molar-refractivity contribution in [1.29, 1.82) is 0 Å². The average Bonchev–Trinajstić information content (AvgIpc) is 3.67. The zero-order valence-electron chi connectivity index (χ0n) is 21.5. The van der Waals surface area contributed by atoms with Crippen LogP contribution in [0.1, 0.15) is 56.6 Å². The molecule has 0 bridgehead atoms. The Morgan fingerprint density at radius 2 is 1.97 bits per heavy atom. The Kier molecular flexibility index (Phi) is 8.72. The number of carbonyl (C=O) groups is 1. The summed E-state index contributed by atoms with van der Waals surface area (Å²) in [5.41, 5.74) is 5.73. The topological polar surface area (TPSA) is 108 Å². The van der Waals surface area contributed by atoms with Crippen LogP contribution in [0.3, 0.4) is 0 Å². The minimum atomic E-state index is -1.54. The van der Waals surface area contributed by atoms with Crippen molar-refractivity contribution in [3.05, 3.63) is 69.2 Å². The number of carbonyl (C=O) groups excluding carboxylic acids is 1. The maximum Gasteiger partial charge on any atom is 0.237 e. The van der Waals surface area contributed by atoms with Crippen molar-refractivity contribution in [2.24, 2.45) is 17.1 Å². The van der Waals surface area contributed by atoms with Gasteiger partial charge in [0.25, 0.3) is 0 Å². The monoisotopic (exact) mass is 569 g/mol. The number of nitrogens with one attached hydrogen (secondary N) is 2. The molecule has 10 heteroatoms. The van der Waals surface area contributed by atoms with Crippen LogP contribution in [0.2, 0.25) is 10.0 Å². The van der Waals surface area contributed by atoms with Crippen molar-refractivity contribution in [3.8, 4) is 0 Å². The van der Waals surface area contributed by atoms with Crippen LogP contribution >= 0.6 is 23.2 Å². The lowest BCUT2D eigenvalue weighted by Crippen LogP contribution is -2.53. The number of benzene rings is 2. The summed E-state index contributed by atoms with van der Waals surface area (Å²) in [5, 5.41) is 25.0. The summed E-state index contributed by atoms with van der Waals surface area (Å²) in [6.07, 6.45) is 1.81. The number of rotatable bonds is 10. The number of halogens is 4. The second-order valence-electron chi connectivity index (χ2n) is 11.3. The predicted octanol–water partition coefficient (Wildman–Crippen LogP) is 4.24. The van der Waals surface area contributed by atoms with E-state index in [1.165, 1.54) is 30.3 Å². The number of nitrogens with two attached hydrogens (primary N) is 1. The van der Waals surface area contributed by atoms with Crippen molar-refractivity contribution in [2.45, 2.75) is 69.2 Å². The first-order chi connectivity index (χ1) is 17.9. The maximum atomic E-state index is 15.6. The number of hydrogen-bond donors (Lipinski definition) is 5. The van der Waals surface area contributed by atoms with E-state index in [9.17, 15) is 9.90 Å². The summed E-state index contributed by atoms with van der Waals surface area (Å²) >= 11 is 12.2. The fourth-order valence-corrected chi connectivity index (χ4v) is 6.25. The van der Waals surface area contributed by atoms with E-state index >= 15 is 8.78 Å². The average molecular weight is 571 g/mol. The quantitative estimate of drug-likeness (QED) is 0.294. The minimum Gasteiger partial charge on any atom is -0.394 e. The van der Waals surface area contributed by atoms with Crippen molar-refractivity contribution < 1.29 is 23.8 Å². The van der Waals surface area contributed by atoms with Gasteiger partial charge in [0.2, 0.25) is 5.91 Å². The molecule has 0 unspecified atom stereocenters. The fraction of sp³-hybridized carbons (Fsp3) is 0.536. The van der Waals surface area contributed by atoms with Gasteiger partial charge in [-0.3, -0.25) is 4.79 Å². The van der Waals surface area contributed by atoms with E-state index < -0.39 is 53.8 Å².